The lowest BCUT2D eigenvalue weighted by molar-refractivity contribution is -0.0419. The van der Waals surface area contributed by atoms with E-state index in [1.807, 2.05) is 36.2 Å². The van der Waals surface area contributed by atoms with Gasteiger partial charge in [-0.15, -0.1) is 0 Å². The third-order valence-electron chi connectivity index (χ3n) is 5.30. The lowest BCUT2D eigenvalue weighted by Crippen LogP contribution is -2.47. The molecule has 120 valence electrons. The number of benzene rings is 1. The summed E-state index contributed by atoms with van der Waals surface area (Å²) in [5.41, 5.74) is 1.19. The molecule has 1 saturated heterocycles. The second-order valence-corrected chi connectivity index (χ2v) is 6.84. The predicted octanol–water partition coefficient (Wildman–Crippen LogP) is 2.89. The predicted molar refractivity (Wildman–Crippen MR) is 88.0 cm³/mol. The van der Waals surface area contributed by atoms with Gasteiger partial charge < -0.3 is 15.3 Å². The van der Waals surface area contributed by atoms with Crippen molar-refractivity contribution in [1.29, 1.82) is 0 Å². The second-order valence-electron chi connectivity index (χ2n) is 6.84. The zero-order chi connectivity index (χ0) is 15.6. The highest BCUT2D eigenvalue weighted by molar-refractivity contribution is 5.94. The van der Waals surface area contributed by atoms with E-state index in [1.165, 1.54) is 19.3 Å². The van der Waals surface area contributed by atoms with Crippen LogP contribution in [0.15, 0.2) is 24.3 Å². The Morgan fingerprint density at radius 3 is 2.41 bits per heavy atom. The number of carbonyl (C=O) groups is 1. The minimum Gasteiger partial charge on any atom is -0.390 e. The summed E-state index contributed by atoms with van der Waals surface area (Å²) in [4.78, 5) is 14.4. The number of anilines is 1. The van der Waals surface area contributed by atoms with E-state index in [9.17, 15) is 9.90 Å². The number of aliphatic hydroxyl groups is 1. The molecule has 22 heavy (non-hydrogen) atoms. The van der Waals surface area contributed by atoms with Gasteiger partial charge in [-0.1, -0.05) is 19.3 Å². The lowest BCUT2D eigenvalue weighted by atomic mass is 9.74. The quantitative estimate of drug-likeness (QED) is 0.899. The Morgan fingerprint density at radius 1 is 1.27 bits per heavy atom. The molecular formula is C18H26N2O2. The van der Waals surface area contributed by atoms with Gasteiger partial charge in [-0.25, -0.2) is 0 Å². The molecule has 0 bridgehead atoms. The number of nitrogens with zero attached hydrogens (tertiary/aromatic N) is 1. The first-order chi connectivity index (χ1) is 10.6. The zero-order valence-electron chi connectivity index (χ0n) is 13.3. The first-order valence-electron chi connectivity index (χ1n) is 8.39. The van der Waals surface area contributed by atoms with Gasteiger partial charge in [0, 0.05) is 31.4 Å². The van der Waals surface area contributed by atoms with E-state index < -0.39 is 5.60 Å². The molecule has 4 heteroatoms. The van der Waals surface area contributed by atoms with E-state index in [2.05, 4.69) is 5.32 Å². The highest BCUT2D eigenvalue weighted by atomic mass is 16.3. The fraction of sp³-hybridized carbons (Fsp3) is 0.611. The molecule has 1 heterocycles. The van der Waals surface area contributed by atoms with E-state index in [0.29, 0.717) is 31.8 Å². The van der Waals surface area contributed by atoms with Crippen molar-refractivity contribution < 1.29 is 9.90 Å². The number of hydrogen-bond donors (Lipinski definition) is 2. The van der Waals surface area contributed by atoms with E-state index in [1.54, 1.807) is 0 Å². The average molecular weight is 302 g/mol. The van der Waals surface area contributed by atoms with Crippen LogP contribution in [0.5, 0.6) is 0 Å². The zero-order valence-corrected chi connectivity index (χ0v) is 13.3. The summed E-state index contributed by atoms with van der Waals surface area (Å²) in [5, 5.41) is 13.8. The summed E-state index contributed by atoms with van der Waals surface area (Å²) in [5.74, 6) is 0.787. The van der Waals surface area contributed by atoms with E-state index in [4.69, 9.17) is 0 Å². The van der Waals surface area contributed by atoms with Crippen molar-refractivity contribution in [1.82, 2.24) is 4.90 Å². The van der Waals surface area contributed by atoms with Crippen LogP contribution in [-0.4, -0.2) is 41.7 Å². The molecule has 1 aromatic rings. The van der Waals surface area contributed by atoms with Gasteiger partial charge in [-0.3, -0.25) is 4.79 Å². The van der Waals surface area contributed by atoms with Gasteiger partial charge in [-0.2, -0.15) is 0 Å². The normalized spacial score (nSPS) is 21.3. The molecule has 2 fully saturated rings. The van der Waals surface area contributed by atoms with Crippen LogP contribution in [-0.2, 0) is 0 Å². The number of rotatable bonds is 4. The molecule has 1 amide bonds. The molecule has 0 unspecified atom stereocenters. The number of hydrogen-bond acceptors (Lipinski definition) is 3. The number of amides is 1. The summed E-state index contributed by atoms with van der Waals surface area (Å²) in [6.45, 7) is 1.33. The van der Waals surface area contributed by atoms with Gasteiger partial charge in [0.1, 0.15) is 0 Å². The summed E-state index contributed by atoms with van der Waals surface area (Å²) < 4.78 is 0. The topological polar surface area (TPSA) is 52.6 Å². The molecule has 2 N–H and O–H groups in total. The first kappa shape index (κ1) is 15.3. The second kappa shape index (κ2) is 6.29. The summed E-state index contributed by atoms with van der Waals surface area (Å²) in [6.07, 6.45) is 6.19. The molecular weight excluding hydrogens is 276 g/mol. The van der Waals surface area contributed by atoms with Crippen LogP contribution in [0.1, 0.15) is 48.9 Å². The van der Waals surface area contributed by atoms with Crippen molar-refractivity contribution >= 4 is 11.6 Å². The Balaban J connectivity index is 1.56. The van der Waals surface area contributed by atoms with Crippen LogP contribution >= 0.6 is 0 Å². The molecule has 0 spiro atoms. The van der Waals surface area contributed by atoms with Gasteiger partial charge >= 0.3 is 0 Å². The van der Waals surface area contributed by atoms with Gasteiger partial charge in [0.2, 0.25) is 0 Å². The van der Waals surface area contributed by atoms with Crippen LogP contribution in [0.25, 0.3) is 0 Å². The van der Waals surface area contributed by atoms with Crippen LogP contribution in [0.3, 0.4) is 0 Å². The van der Waals surface area contributed by atoms with Gasteiger partial charge in [0.25, 0.3) is 5.91 Å². The first-order valence-corrected chi connectivity index (χ1v) is 8.39. The SMILES string of the molecule is CNc1ccc(C(=O)N2CCC(O)(CC3CCC3)CC2)cc1. The monoisotopic (exact) mass is 302 g/mol. The van der Waals surface area contributed by atoms with Crippen LogP contribution < -0.4 is 5.32 Å². The Labute approximate surface area is 132 Å². The molecule has 4 nitrogen and oxygen atoms in total. The standard InChI is InChI=1S/C18H26N2O2/c1-19-16-7-5-15(6-8-16)17(21)20-11-9-18(22,10-12-20)13-14-3-2-4-14/h5-8,14,19,22H,2-4,9-13H2,1H3. The van der Waals surface area contributed by atoms with E-state index in [0.717, 1.165) is 17.7 Å². The Hall–Kier alpha value is -1.55. The van der Waals surface area contributed by atoms with Crippen molar-refractivity contribution in [3.63, 3.8) is 0 Å². The largest absolute Gasteiger partial charge is 0.390 e. The number of carbonyl (C=O) groups excluding carboxylic acids is 1. The van der Waals surface area contributed by atoms with Crippen LogP contribution in [0, 0.1) is 5.92 Å². The van der Waals surface area contributed by atoms with Crippen LogP contribution in [0.2, 0.25) is 0 Å². The maximum absolute atomic E-state index is 12.5. The summed E-state index contributed by atoms with van der Waals surface area (Å²) in [7, 11) is 1.87. The summed E-state index contributed by atoms with van der Waals surface area (Å²) >= 11 is 0. The number of likely N-dealkylation sites (tertiary alicyclic amines) is 1. The van der Waals surface area contributed by atoms with Crippen molar-refractivity contribution in [3.8, 4) is 0 Å². The fourth-order valence-corrected chi connectivity index (χ4v) is 3.53. The molecule has 1 aliphatic heterocycles. The lowest BCUT2D eigenvalue weighted by Gasteiger charge is -2.41. The highest BCUT2D eigenvalue weighted by Gasteiger charge is 2.37. The molecule has 1 aromatic carbocycles. The van der Waals surface area contributed by atoms with Crippen LogP contribution in [0.4, 0.5) is 5.69 Å². The fourth-order valence-electron chi connectivity index (χ4n) is 3.53. The van der Waals surface area contributed by atoms with Crippen molar-refractivity contribution in [3.05, 3.63) is 29.8 Å². The molecule has 0 atom stereocenters. The van der Waals surface area contributed by atoms with Gasteiger partial charge in [0.05, 0.1) is 5.60 Å². The molecule has 2 aliphatic rings. The molecule has 3 rings (SSSR count). The smallest absolute Gasteiger partial charge is 0.253 e. The third-order valence-corrected chi connectivity index (χ3v) is 5.30. The molecule has 1 aliphatic carbocycles. The Kier molecular flexibility index (Phi) is 4.39. The minimum atomic E-state index is -0.544. The highest BCUT2D eigenvalue weighted by Crippen LogP contribution is 2.38. The third kappa shape index (κ3) is 3.27. The van der Waals surface area contributed by atoms with Crippen molar-refractivity contribution in [2.24, 2.45) is 5.92 Å². The Bertz CT molecular complexity index is 514. The maximum atomic E-state index is 12.5. The molecule has 0 aromatic heterocycles. The molecule has 0 radical (unpaired) electrons. The average Bonchev–Trinajstić information content (AvgIpc) is 2.51. The molecule has 1 saturated carbocycles. The van der Waals surface area contributed by atoms with Crippen molar-refractivity contribution in [2.75, 3.05) is 25.5 Å². The Morgan fingerprint density at radius 2 is 1.91 bits per heavy atom. The van der Waals surface area contributed by atoms with Gasteiger partial charge in [0.15, 0.2) is 0 Å². The number of nitrogens with one attached hydrogen (secondary N) is 1. The maximum Gasteiger partial charge on any atom is 0.253 e. The van der Waals surface area contributed by atoms with E-state index >= 15 is 0 Å². The van der Waals surface area contributed by atoms with E-state index in [-0.39, 0.29) is 5.91 Å². The number of piperidine rings is 1. The van der Waals surface area contributed by atoms with Crippen molar-refractivity contribution in [2.45, 2.75) is 44.1 Å². The minimum absolute atomic E-state index is 0.0772. The van der Waals surface area contributed by atoms with Gasteiger partial charge in [-0.05, 0) is 49.4 Å². The summed E-state index contributed by atoms with van der Waals surface area (Å²) in [6, 6.07) is 7.57.